The summed E-state index contributed by atoms with van der Waals surface area (Å²) >= 11 is 7.02. The maximum Gasteiger partial charge on any atom is 0.137 e. The lowest BCUT2D eigenvalue weighted by Crippen LogP contribution is -2.33. The van der Waals surface area contributed by atoms with Gasteiger partial charge in [-0.2, -0.15) is 0 Å². The van der Waals surface area contributed by atoms with Crippen molar-refractivity contribution in [2.45, 2.75) is 31.8 Å². The van der Waals surface area contributed by atoms with Gasteiger partial charge in [0.15, 0.2) is 0 Å². The molecule has 0 aromatic heterocycles. The van der Waals surface area contributed by atoms with Crippen molar-refractivity contribution in [1.82, 2.24) is 5.32 Å². The van der Waals surface area contributed by atoms with Crippen molar-refractivity contribution < 1.29 is 9.84 Å². The number of methoxy groups -OCH3 is 1. The largest absolute Gasteiger partial charge is 0.495 e. The van der Waals surface area contributed by atoms with Crippen molar-refractivity contribution in [3.05, 3.63) is 26.6 Å². The van der Waals surface area contributed by atoms with Crippen molar-refractivity contribution in [2.24, 2.45) is 5.92 Å². The lowest BCUT2D eigenvalue weighted by molar-refractivity contribution is 0.205. The van der Waals surface area contributed by atoms with E-state index < -0.39 is 0 Å². The van der Waals surface area contributed by atoms with Gasteiger partial charge in [-0.05, 0) is 46.8 Å². The second-order valence-electron chi connectivity index (χ2n) is 4.94. The third-order valence-corrected chi connectivity index (χ3v) is 4.78. The Morgan fingerprint density at radius 1 is 1.37 bits per heavy atom. The lowest BCUT2D eigenvalue weighted by Gasteiger charge is -2.20. The summed E-state index contributed by atoms with van der Waals surface area (Å²) in [6.45, 7) is 1.03. The summed E-state index contributed by atoms with van der Waals surface area (Å²) in [6.07, 6.45) is 3.46. The average Bonchev–Trinajstić information content (AvgIpc) is 2.83. The van der Waals surface area contributed by atoms with E-state index >= 15 is 0 Å². The molecule has 0 spiro atoms. The van der Waals surface area contributed by atoms with Gasteiger partial charge < -0.3 is 15.2 Å². The van der Waals surface area contributed by atoms with E-state index in [9.17, 15) is 5.11 Å². The number of rotatable bonds is 5. The molecule has 2 N–H and O–H groups in total. The highest BCUT2D eigenvalue weighted by atomic mass is 79.9. The van der Waals surface area contributed by atoms with Crippen LogP contribution in [0, 0.1) is 5.92 Å². The zero-order valence-electron chi connectivity index (χ0n) is 11.0. The van der Waals surface area contributed by atoms with Crippen LogP contribution in [0.1, 0.15) is 24.8 Å². The maximum atomic E-state index is 9.34. The molecule has 0 saturated heterocycles. The first-order chi connectivity index (χ1) is 9.15. The summed E-state index contributed by atoms with van der Waals surface area (Å²) in [6, 6.07) is 4.46. The summed E-state index contributed by atoms with van der Waals surface area (Å²) in [5, 5.41) is 12.9. The number of halogens is 2. The van der Waals surface area contributed by atoms with Crippen molar-refractivity contribution >= 4 is 31.9 Å². The molecular weight excluding hydrogens is 374 g/mol. The van der Waals surface area contributed by atoms with Crippen LogP contribution in [0.2, 0.25) is 0 Å². The van der Waals surface area contributed by atoms with Crippen molar-refractivity contribution in [3.8, 4) is 5.75 Å². The molecule has 1 aromatic carbocycles. The Hall–Kier alpha value is -0.100. The van der Waals surface area contributed by atoms with E-state index in [0.29, 0.717) is 12.0 Å². The molecular formula is C14H19Br2NO2. The summed E-state index contributed by atoms with van der Waals surface area (Å²) in [4.78, 5) is 0. The molecule has 2 atom stereocenters. The molecule has 2 rings (SSSR count). The monoisotopic (exact) mass is 391 g/mol. The second-order valence-corrected chi connectivity index (χ2v) is 6.71. The van der Waals surface area contributed by atoms with Crippen LogP contribution in [0.4, 0.5) is 0 Å². The van der Waals surface area contributed by atoms with Gasteiger partial charge in [0.2, 0.25) is 0 Å². The first-order valence-electron chi connectivity index (χ1n) is 6.52. The van der Waals surface area contributed by atoms with Gasteiger partial charge in [-0.25, -0.2) is 0 Å². The van der Waals surface area contributed by atoms with E-state index in [1.165, 1.54) is 6.42 Å². The number of benzene rings is 1. The van der Waals surface area contributed by atoms with Gasteiger partial charge in [0.1, 0.15) is 5.75 Å². The predicted octanol–water partition coefficient (Wildman–Crippen LogP) is 3.47. The first-order valence-corrected chi connectivity index (χ1v) is 8.10. The third kappa shape index (κ3) is 3.72. The molecule has 0 heterocycles. The fourth-order valence-corrected chi connectivity index (χ4v) is 4.21. The second kappa shape index (κ2) is 7.07. The van der Waals surface area contributed by atoms with Crippen LogP contribution in [0.15, 0.2) is 21.1 Å². The molecule has 1 saturated carbocycles. The van der Waals surface area contributed by atoms with Gasteiger partial charge >= 0.3 is 0 Å². The molecule has 0 radical (unpaired) electrons. The highest BCUT2D eigenvalue weighted by Gasteiger charge is 2.26. The Bertz CT molecular complexity index is 440. The molecule has 0 aliphatic heterocycles. The maximum absolute atomic E-state index is 9.34. The molecule has 1 fully saturated rings. The van der Waals surface area contributed by atoms with Gasteiger partial charge in [-0.3, -0.25) is 0 Å². The molecule has 2 unspecified atom stereocenters. The highest BCUT2D eigenvalue weighted by molar-refractivity contribution is 9.11. The van der Waals surface area contributed by atoms with Crippen LogP contribution in [-0.4, -0.2) is 24.9 Å². The molecule has 106 valence electrons. The van der Waals surface area contributed by atoms with Gasteiger partial charge in [0.25, 0.3) is 0 Å². The minimum absolute atomic E-state index is 0.275. The quantitative estimate of drug-likeness (QED) is 0.805. The fourth-order valence-electron chi connectivity index (χ4n) is 2.74. The van der Waals surface area contributed by atoms with E-state index in [2.05, 4.69) is 43.2 Å². The molecule has 1 aliphatic carbocycles. The van der Waals surface area contributed by atoms with Crippen LogP contribution in [-0.2, 0) is 6.54 Å². The molecule has 19 heavy (non-hydrogen) atoms. The van der Waals surface area contributed by atoms with E-state index in [-0.39, 0.29) is 6.61 Å². The van der Waals surface area contributed by atoms with Crippen LogP contribution >= 0.6 is 31.9 Å². The minimum Gasteiger partial charge on any atom is -0.495 e. The van der Waals surface area contributed by atoms with E-state index in [0.717, 1.165) is 39.6 Å². The number of aliphatic hydroxyl groups is 1. The van der Waals surface area contributed by atoms with Crippen LogP contribution in [0.5, 0.6) is 5.75 Å². The number of nitrogens with one attached hydrogen (secondary N) is 1. The molecule has 1 aliphatic rings. The molecule has 1 aromatic rings. The van der Waals surface area contributed by atoms with E-state index in [1.54, 1.807) is 7.11 Å². The predicted molar refractivity (Wildman–Crippen MR) is 83.4 cm³/mol. The van der Waals surface area contributed by atoms with Gasteiger partial charge in [0.05, 0.1) is 11.6 Å². The van der Waals surface area contributed by atoms with E-state index in [4.69, 9.17) is 4.74 Å². The lowest BCUT2D eigenvalue weighted by atomic mass is 10.0. The third-order valence-electron chi connectivity index (χ3n) is 3.74. The summed E-state index contributed by atoms with van der Waals surface area (Å²) in [7, 11) is 1.68. The van der Waals surface area contributed by atoms with E-state index in [1.807, 2.05) is 6.07 Å². The zero-order chi connectivity index (χ0) is 13.8. The smallest absolute Gasteiger partial charge is 0.137 e. The van der Waals surface area contributed by atoms with Crippen molar-refractivity contribution in [2.75, 3.05) is 13.7 Å². The Balaban J connectivity index is 2.06. The molecule has 5 heteroatoms. The summed E-state index contributed by atoms with van der Waals surface area (Å²) in [5.41, 5.74) is 1.12. The molecule has 3 nitrogen and oxygen atoms in total. The van der Waals surface area contributed by atoms with Gasteiger partial charge in [0, 0.05) is 29.2 Å². The topological polar surface area (TPSA) is 41.5 Å². The summed E-state index contributed by atoms with van der Waals surface area (Å²) < 4.78 is 7.42. The number of hydrogen-bond acceptors (Lipinski definition) is 3. The van der Waals surface area contributed by atoms with Gasteiger partial charge in [-0.1, -0.05) is 22.4 Å². The highest BCUT2D eigenvalue weighted by Crippen LogP contribution is 2.33. The number of aliphatic hydroxyl groups excluding tert-OH is 1. The van der Waals surface area contributed by atoms with Gasteiger partial charge in [-0.15, -0.1) is 0 Å². The number of hydrogen-bond donors (Lipinski definition) is 2. The van der Waals surface area contributed by atoms with Crippen molar-refractivity contribution in [1.29, 1.82) is 0 Å². The Kier molecular flexibility index (Phi) is 5.69. The van der Waals surface area contributed by atoms with Crippen molar-refractivity contribution in [3.63, 3.8) is 0 Å². The standard InChI is InChI=1S/C14H19Br2NO2/c1-19-14-10(5-11(15)6-12(14)16)7-17-13-4-2-3-9(13)8-18/h5-6,9,13,17-18H,2-4,7-8H2,1H3. The fraction of sp³-hybridized carbons (Fsp3) is 0.571. The SMILES string of the molecule is COc1c(Br)cc(Br)cc1CNC1CCCC1CO. The molecule has 0 amide bonds. The zero-order valence-corrected chi connectivity index (χ0v) is 14.1. The first kappa shape index (κ1) is 15.3. The summed E-state index contributed by atoms with van der Waals surface area (Å²) in [5.74, 6) is 1.26. The average molecular weight is 393 g/mol. The van der Waals surface area contributed by atoms with Crippen LogP contribution in [0.3, 0.4) is 0 Å². The van der Waals surface area contributed by atoms with Crippen LogP contribution < -0.4 is 10.1 Å². The Labute approximate surface area is 131 Å². The minimum atomic E-state index is 0.275. The Morgan fingerprint density at radius 3 is 2.84 bits per heavy atom. The normalized spacial score (nSPS) is 22.7. The molecule has 0 bridgehead atoms. The number of ether oxygens (including phenoxy) is 1. The van der Waals surface area contributed by atoms with Crippen LogP contribution in [0.25, 0.3) is 0 Å². The Morgan fingerprint density at radius 2 is 2.16 bits per heavy atom.